The maximum absolute atomic E-state index is 11.2. The number of rotatable bonds is 5. The Hall–Kier alpha value is -1.31. The molecule has 0 aromatic carbocycles. The summed E-state index contributed by atoms with van der Waals surface area (Å²) in [5.41, 5.74) is 2.94. The highest BCUT2D eigenvalue weighted by Gasteiger charge is 2.09. The van der Waals surface area contributed by atoms with E-state index in [4.69, 9.17) is 10.3 Å². The Morgan fingerprint density at radius 2 is 2.47 bits per heavy atom. The summed E-state index contributed by atoms with van der Waals surface area (Å²) in [7, 11) is 0. The lowest BCUT2D eigenvalue weighted by molar-refractivity contribution is 0.0953. The third-order valence-corrected chi connectivity index (χ3v) is 3.83. The maximum atomic E-state index is 11.2. The molecule has 0 radical (unpaired) electrons. The summed E-state index contributed by atoms with van der Waals surface area (Å²) in [6, 6.07) is 3.80. The number of thioether (sulfide) groups is 1. The predicted molar refractivity (Wildman–Crippen MR) is 67.5 cm³/mol. The van der Waals surface area contributed by atoms with Crippen LogP contribution in [0.15, 0.2) is 28.2 Å². The van der Waals surface area contributed by atoms with Gasteiger partial charge in [0.25, 0.3) is 5.91 Å². The van der Waals surface area contributed by atoms with Crippen LogP contribution in [0.25, 0.3) is 0 Å². The smallest absolute Gasteiger partial charge is 0.294 e. The van der Waals surface area contributed by atoms with Crippen LogP contribution in [0.5, 0.6) is 0 Å². The maximum Gasteiger partial charge on any atom is 0.294 e. The summed E-state index contributed by atoms with van der Waals surface area (Å²) in [6.07, 6.45) is 1.66. The van der Waals surface area contributed by atoms with Gasteiger partial charge in [-0.25, -0.2) is 10.8 Å². The van der Waals surface area contributed by atoms with Crippen molar-refractivity contribution in [3.63, 3.8) is 0 Å². The average molecular weight is 269 g/mol. The van der Waals surface area contributed by atoms with Crippen LogP contribution in [0, 0.1) is 0 Å². The van der Waals surface area contributed by atoms with Gasteiger partial charge in [0, 0.05) is 11.1 Å². The van der Waals surface area contributed by atoms with Gasteiger partial charge in [-0.3, -0.25) is 10.2 Å². The van der Waals surface area contributed by atoms with E-state index in [0.717, 1.165) is 23.0 Å². The first-order chi connectivity index (χ1) is 8.29. The lowest BCUT2D eigenvalue weighted by Gasteiger charge is -1.96. The van der Waals surface area contributed by atoms with E-state index < -0.39 is 0 Å². The van der Waals surface area contributed by atoms with Gasteiger partial charge in [-0.2, -0.15) is 0 Å². The number of hydrogen-bond acceptors (Lipinski definition) is 6. The van der Waals surface area contributed by atoms with E-state index in [1.165, 1.54) is 11.3 Å². The highest BCUT2D eigenvalue weighted by Crippen LogP contribution is 2.19. The van der Waals surface area contributed by atoms with E-state index >= 15 is 0 Å². The number of furan rings is 1. The monoisotopic (exact) mass is 269 g/mol. The number of nitrogen functional groups attached to an aromatic ring is 1. The number of nitrogens with one attached hydrogen (secondary N) is 1. The molecule has 5 nitrogen and oxygen atoms in total. The van der Waals surface area contributed by atoms with Gasteiger partial charge in [0.1, 0.15) is 5.76 Å². The number of thiazole rings is 1. The van der Waals surface area contributed by atoms with E-state index in [0.29, 0.717) is 5.01 Å². The van der Waals surface area contributed by atoms with Crippen LogP contribution in [0.4, 0.5) is 0 Å². The Bertz CT molecular complexity index is 481. The highest BCUT2D eigenvalue weighted by molar-refractivity contribution is 7.97. The van der Waals surface area contributed by atoms with Crippen molar-refractivity contribution in [3.8, 4) is 0 Å². The zero-order chi connectivity index (χ0) is 12.1. The second-order valence-corrected chi connectivity index (χ2v) is 5.03. The van der Waals surface area contributed by atoms with E-state index in [1.807, 2.05) is 17.5 Å². The van der Waals surface area contributed by atoms with Crippen molar-refractivity contribution in [1.29, 1.82) is 0 Å². The Balaban J connectivity index is 1.83. The molecular weight excluding hydrogens is 258 g/mol. The second kappa shape index (κ2) is 5.85. The summed E-state index contributed by atoms with van der Waals surface area (Å²) < 4.78 is 5.21. The first-order valence-electron chi connectivity index (χ1n) is 4.85. The van der Waals surface area contributed by atoms with Crippen LogP contribution in [0.2, 0.25) is 0 Å². The molecule has 2 aromatic rings. The van der Waals surface area contributed by atoms with Crippen molar-refractivity contribution < 1.29 is 9.21 Å². The molecule has 0 spiro atoms. The first-order valence-corrected chi connectivity index (χ1v) is 6.88. The van der Waals surface area contributed by atoms with E-state index in [9.17, 15) is 4.79 Å². The Labute approximate surface area is 106 Å². The van der Waals surface area contributed by atoms with Crippen LogP contribution in [0.1, 0.15) is 21.3 Å². The summed E-state index contributed by atoms with van der Waals surface area (Å²) >= 11 is 2.97. The molecule has 90 valence electrons. The molecule has 2 rings (SSSR count). The molecule has 0 unspecified atom stereocenters. The standard InChI is InChI=1S/C10H11N3O2S2/c11-13-9(14)10-12-7(5-17-10)4-16-6-8-2-1-3-15-8/h1-3,5H,4,6,11H2,(H,13,14). The quantitative estimate of drug-likeness (QED) is 0.491. The van der Waals surface area contributed by atoms with Crippen molar-refractivity contribution in [2.24, 2.45) is 5.84 Å². The summed E-state index contributed by atoms with van der Waals surface area (Å²) in [4.78, 5) is 15.4. The zero-order valence-electron chi connectivity index (χ0n) is 8.88. The van der Waals surface area contributed by atoms with Crippen molar-refractivity contribution in [2.45, 2.75) is 11.5 Å². The number of hydrogen-bond donors (Lipinski definition) is 2. The molecule has 0 aliphatic rings. The highest BCUT2D eigenvalue weighted by atomic mass is 32.2. The van der Waals surface area contributed by atoms with Gasteiger partial charge < -0.3 is 4.42 Å². The number of hydrazine groups is 1. The van der Waals surface area contributed by atoms with Gasteiger partial charge in [-0.15, -0.1) is 23.1 Å². The van der Waals surface area contributed by atoms with Crippen LogP contribution in [-0.2, 0) is 11.5 Å². The predicted octanol–water partition coefficient (Wildman–Crippen LogP) is 1.77. The number of carbonyl (C=O) groups is 1. The van der Waals surface area contributed by atoms with Gasteiger partial charge in [-0.05, 0) is 12.1 Å². The third-order valence-electron chi connectivity index (χ3n) is 1.95. The normalized spacial score (nSPS) is 10.4. The Morgan fingerprint density at radius 3 is 3.18 bits per heavy atom. The molecule has 1 amide bonds. The van der Waals surface area contributed by atoms with Crippen molar-refractivity contribution in [3.05, 3.63) is 40.2 Å². The fourth-order valence-electron chi connectivity index (χ4n) is 1.19. The number of nitrogens with zero attached hydrogens (tertiary/aromatic N) is 1. The molecule has 3 N–H and O–H groups in total. The molecule has 0 aliphatic heterocycles. The van der Waals surface area contributed by atoms with E-state index in [2.05, 4.69) is 10.4 Å². The van der Waals surface area contributed by atoms with Gasteiger partial charge in [0.05, 0.1) is 17.7 Å². The largest absolute Gasteiger partial charge is 0.468 e. The van der Waals surface area contributed by atoms with Gasteiger partial charge in [0.15, 0.2) is 5.01 Å². The van der Waals surface area contributed by atoms with E-state index in [1.54, 1.807) is 18.0 Å². The fraction of sp³-hybridized carbons (Fsp3) is 0.200. The molecular formula is C10H11N3O2S2. The minimum Gasteiger partial charge on any atom is -0.468 e. The molecule has 0 atom stereocenters. The lowest BCUT2D eigenvalue weighted by Crippen LogP contribution is -2.29. The number of aromatic nitrogens is 1. The first kappa shape index (κ1) is 12.2. The van der Waals surface area contributed by atoms with Crippen LogP contribution in [-0.4, -0.2) is 10.9 Å². The zero-order valence-corrected chi connectivity index (χ0v) is 10.5. The van der Waals surface area contributed by atoms with Crippen LogP contribution in [0.3, 0.4) is 0 Å². The van der Waals surface area contributed by atoms with Gasteiger partial charge >= 0.3 is 0 Å². The number of carbonyl (C=O) groups excluding carboxylic acids is 1. The Kier molecular flexibility index (Phi) is 4.18. The molecule has 0 saturated heterocycles. The summed E-state index contributed by atoms with van der Waals surface area (Å²) in [5.74, 6) is 7.15. The van der Waals surface area contributed by atoms with E-state index in [-0.39, 0.29) is 5.91 Å². The summed E-state index contributed by atoms with van der Waals surface area (Å²) in [5, 5.41) is 2.25. The molecule has 0 bridgehead atoms. The minimum absolute atomic E-state index is 0.350. The average Bonchev–Trinajstić information content (AvgIpc) is 2.99. The molecule has 17 heavy (non-hydrogen) atoms. The topological polar surface area (TPSA) is 81.1 Å². The molecule has 7 heteroatoms. The van der Waals surface area contributed by atoms with Crippen molar-refractivity contribution in [2.75, 3.05) is 0 Å². The van der Waals surface area contributed by atoms with Crippen LogP contribution >= 0.6 is 23.1 Å². The van der Waals surface area contributed by atoms with Crippen LogP contribution < -0.4 is 11.3 Å². The lowest BCUT2D eigenvalue weighted by atomic mass is 10.5. The molecule has 0 saturated carbocycles. The molecule has 0 aliphatic carbocycles. The molecule has 2 aromatic heterocycles. The number of nitrogens with two attached hydrogens (primary N) is 1. The minimum atomic E-state index is -0.350. The molecule has 2 heterocycles. The second-order valence-electron chi connectivity index (χ2n) is 3.19. The number of amides is 1. The Morgan fingerprint density at radius 1 is 1.59 bits per heavy atom. The van der Waals surface area contributed by atoms with Crippen molar-refractivity contribution in [1.82, 2.24) is 10.4 Å². The SMILES string of the molecule is NNC(=O)c1nc(CSCc2ccco2)cs1. The molecule has 0 fully saturated rings. The van der Waals surface area contributed by atoms with Gasteiger partial charge in [-0.1, -0.05) is 0 Å². The fourth-order valence-corrected chi connectivity index (χ4v) is 2.84. The summed E-state index contributed by atoms with van der Waals surface area (Å²) in [6.45, 7) is 0. The van der Waals surface area contributed by atoms with Crippen molar-refractivity contribution >= 4 is 29.0 Å². The van der Waals surface area contributed by atoms with Gasteiger partial charge in [0.2, 0.25) is 0 Å². The third kappa shape index (κ3) is 3.32.